The number of amides is 1. The Morgan fingerprint density at radius 3 is 2.50 bits per heavy atom. The van der Waals surface area contributed by atoms with Crippen molar-refractivity contribution in [1.82, 2.24) is 10.2 Å². The molecule has 3 aromatic rings. The molecule has 0 aliphatic heterocycles. The first-order chi connectivity index (χ1) is 14.2. The van der Waals surface area contributed by atoms with E-state index in [4.69, 9.17) is 23.2 Å². The van der Waals surface area contributed by atoms with Gasteiger partial charge in [0.1, 0.15) is 5.01 Å². The number of hydrogen-bond acceptors (Lipinski definition) is 6. The fraction of sp³-hybridized carbons (Fsp3) is 0.105. The molecule has 0 fully saturated rings. The van der Waals surface area contributed by atoms with E-state index in [1.54, 1.807) is 31.2 Å². The minimum absolute atomic E-state index is 0.000235. The van der Waals surface area contributed by atoms with E-state index in [1.165, 1.54) is 35.6 Å². The van der Waals surface area contributed by atoms with Gasteiger partial charge in [0.15, 0.2) is 0 Å². The lowest BCUT2D eigenvalue weighted by Gasteiger charge is -2.23. The van der Waals surface area contributed by atoms with Crippen LogP contribution < -0.4 is 9.62 Å². The summed E-state index contributed by atoms with van der Waals surface area (Å²) < 4.78 is 27.8. The molecule has 1 amide bonds. The molecule has 0 bridgehead atoms. The summed E-state index contributed by atoms with van der Waals surface area (Å²) in [5.74, 6) is -0.588. The molecule has 156 valence electrons. The lowest BCUT2D eigenvalue weighted by Crippen LogP contribution is -2.31. The van der Waals surface area contributed by atoms with Gasteiger partial charge in [0.2, 0.25) is 5.13 Å². The lowest BCUT2D eigenvalue weighted by atomic mass is 10.2. The second-order valence-corrected chi connectivity index (χ2v) is 9.91. The number of hydrogen-bond donors (Lipinski definition) is 1. The summed E-state index contributed by atoms with van der Waals surface area (Å²) >= 11 is 13.3. The summed E-state index contributed by atoms with van der Waals surface area (Å²) in [6.45, 7) is 5.40. The summed E-state index contributed by atoms with van der Waals surface area (Å²) in [6, 6.07) is 10.3. The number of benzene rings is 2. The molecular weight excluding hydrogens is 467 g/mol. The van der Waals surface area contributed by atoms with Crippen LogP contribution in [0.2, 0.25) is 10.0 Å². The summed E-state index contributed by atoms with van der Waals surface area (Å²) in [4.78, 5) is 12.5. The maximum Gasteiger partial charge on any atom is 0.264 e. The smallest absolute Gasteiger partial charge is 0.264 e. The van der Waals surface area contributed by atoms with Crippen molar-refractivity contribution in [2.45, 2.75) is 11.8 Å². The van der Waals surface area contributed by atoms with Gasteiger partial charge in [-0.1, -0.05) is 40.6 Å². The molecule has 3 rings (SSSR count). The van der Waals surface area contributed by atoms with E-state index < -0.39 is 15.9 Å². The first-order valence-corrected chi connectivity index (χ1v) is 11.5. The summed E-state index contributed by atoms with van der Waals surface area (Å²) in [6.07, 6.45) is 1.47. The zero-order chi connectivity index (χ0) is 21.9. The third-order valence-corrected chi connectivity index (χ3v) is 7.05. The summed E-state index contributed by atoms with van der Waals surface area (Å²) in [5, 5.41) is 11.8. The van der Waals surface area contributed by atoms with Crippen molar-refractivity contribution in [3.05, 3.63) is 75.7 Å². The molecule has 0 atom stereocenters. The van der Waals surface area contributed by atoms with E-state index >= 15 is 0 Å². The number of carbonyl (C=O) groups excluding carboxylic acids is 1. The van der Waals surface area contributed by atoms with Crippen LogP contribution in [-0.4, -0.2) is 31.1 Å². The molecule has 0 aliphatic carbocycles. The van der Waals surface area contributed by atoms with Gasteiger partial charge in [0, 0.05) is 5.02 Å². The number of nitrogens with one attached hydrogen (secondary N) is 1. The van der Waals surface area contributed by atoms with Gasteiger partial charge in [-0.2, -0.15) is 0 Å². The average molecular weight is 483 g/mol. The van der Waals surface area contributed by atoms with Gasteiger partial charge in [0.25, 0.3) is 15.9 Å². The minimum atomic E-state index is -4.02. The number of aryl methyl sites for hydroxylation is 1. The highest BCUT2D eigenvalue weighted by Crippen LogP contribution is 2.28. The Bertz CT molecular complexity index is 1190. The fourth-order valence-corrected chi connectivity index (χ4v) is 4.92. The van der Waals surface area contributed by atoms with Crippen molar-refractivity contribution in [2.24, 2.45) is 0 Å². The maximum absolute atomic E-state index is 13.3. The van der Waals surface area contributed by atoms with Crippen molar-refractivity contribution in [3.63, 3.8) is 0 Å². The van der Waals surface area contributed by atoms with Crippen LogP contribution in [0.1, 0.15) is 15.4 Å². The van der Waals surface area contributed by atoms with Gasteiger partial charge >= 0.3 is 0 Å². The Balaban J connectivity index is 1.98. The van der Waals surface area contributed by atoms with Crippen molar-refractivity contribution in [1.29, 1.82) is 0 Å². The fourth-order valence-electron chi connectivity index (χ4n) is 2.54. The zero-order valence-electron chi connectivity index (χ0n) is 15.7. The first-order valence-electron chi connectivity index (χ1n) is 8.52. The van der Waals surface area contributed by atoms with Gasteiger partial charge in [-0.25, -0.2) is 8.42 Å². The second kappa shape index (κ2) is 9.13. The SMILES string of the molecule is C=CCN(c1ccc(Cl)cc1)S(=O)(=O)c1ccc(Cl)c(C(=O)Nc2nnc(C)s2)c1. The highest BCUT2D eigenvalue weighted by molar-refractivity contribution is 7.92. The normalized spacial score (nSPS) is 11.2. The predicted molar refractivity (Wildman–Crippen MR) is 120 cm³/mol. The average Bonchev–Trinajstić information content (AvgIpc) is 3.11. The van der Waals surface area contributed by atoms with Crippen molar-refractivity contribution in [3.8, 4) is 0 Å². The van der Waals surface area contributed by atoms with E-state index in [9.17, 15) is 13.2 Å². The highest BCUT2D eigenvalue weighted by Gasteiger charge is 2.26. The summed E-state index contributed by atoms with van der Waals surface area (Å²) in [7, 11) is -4.02. The monoisotopic (exact) mass is 482 g/mol. The van der Waals surface area contributed by atoms with Crippen molar-refractivity contribution < 1.29 is 13.2 Å². The first kappa shape index (κ1) is 22.2. The molecule has 1 N–H and O–H groups in total. The second-order valence-electron chi connectivity index (χ2n) is 6.02. The Kier molecular flexibility index (Phi) is 6.77. The Morgan fingerprint density at radius 1 is 1.20 bits per heavy atom. The quantitative estimate of drug-likeness (QED) is 0.488. The Morgan fingerprint density at radius 2 is 1.90 bits per heavy atom. The molecule has 0 spiro atoms. The molecule has 0 unspecified atom stereocenters. The van der Waals surface area contributed by atoms with Crippen molar-refractivity contribution >= 4 is 61.3 Å². The molecule has 1 aromatic heterocycles. The van der Waals surface area contributed by atoms with Gasteiger partial charge < -0.3 is 0 Å². The van der Waals surface area contributed by atoms with Crippen LogP contribution >= 0.6 is 34.5 Å². The van der Waals surface area contributed by atoms with Crippen LogP contribution in [0, 0.1) is 6.92 Å². The number of halogens is 2. The van der Waals surface area contributed by atoms with Crippen LogP contribution in [0.25, 0.3) is 0 Å². The van der Waals surface area contributed by atoms with Crippen LogP contribution in [0.4, 0.5) is 10.8 Å². The van der Waals surface area contributed by atoms with Crippen LogP contribution in [0.5, 0.6) is 0 Å². The van der Waals surface area contributed by atoms with Crippen molar-refractivity contribution in [2.75, 3.05) is 16.2 Å². The molecule has 11 heteroatoms. The zero-order valence-corrected chi connectivity index (χ0v) is 18.8. The van der Waals surface area contributed by atoms with Gasteiger partial charge in [-0.15, -0.1) is 16.8 Å². The topological polar surface area (TPSA) is 92.3 Å². The van der Waals surface area contributed by atoms with Crippen LogP contribution in [0.15, 0.2) is 60.0 Å². The number of rotatable bonds is 7. The van der Waals surface area contributed by atoms with E-state index in [0.717, 1.165) is 4.31 Å². The molecule has 0 aliphatic rings. The molecule has 7 nitrogen and oxygen atoms in total. The van der Waals surface area contributed by atoms with E-state index in [2.05, 4.69) is 22.1 Å². The molecule has 0 saturated carbocycles. The standard InChI is InChI=1S/C19H16Cl2N4O3S2/c1-3-10-25(14-6-4-13(20)5-7-14)30(27,28)15-8-9-17(21)16(11-15)18(26)22-19-24-23-12(2)29-19/h3-9,11H,1,10H2,2H3,(H,22,24,26). The number of sulfonamides is 1. The molecule has 0 radical (unpaired) electrons. The van der Waals surface area contributed by atoms with E-state index in [-0.39, 0.29) is 27.2 Å². The molecule has 2 aromatic carbocycles. The van der Waals surface area contributed by atoms with Gasteiger partial charge in [0.05, 0.1) is 27.7 Å². The van der Waals surface area contributed by atoms with E-state index in [1.807, 2.05) is 0 Å². The van der Waals surface area contributed by atoms with Crippen LogP contribution in [0.3, 0.4) is 0 Å². The largest absolute Gasteiger partial charge is 0.296 e. The van der Waals surface area contributed by atoms with Gasteiger partial charge in [-0.05, 0) is 49.4 Å². The van der Waals surface area contributed by atoms with Gasteiger partial charge in [-0.3, -0.25) is 14.4 Å². The molecule has 30 heavy (non-hydrogen) atoms. The number of anilines is 2. The van der Waals surface area contributed by atoms with Crippen LogP contribution in [-0.2, 0) is 10.0 Å². The third-order valence-electron chi connectivity index (χ3n) is 3.93. The Hall–Kier alpha value is -2.46. The molecular formula is C19H16Cl2N4O3S2. The highest BCUT2D eigenvalue weighted by atomic mass is 35.5. The maximum atomic E-state index is 13.3. The number of nitrogens with zero attached hydrogens (tertiary/aromatic N) is 3. The lowest BCUT2D eigenvalue weighted by molar-refractivity contribution is 0.102. The number of aromatic nitrogens is 2. The van der Waals surface area contributed by atoms with E-state index in [0.29, 0.717) is 15.7 Å². The molecule has 0 saturated heterocycles. The third kappa shape index (κ3) is 4.81. The minimum Gasteiger partial charge on any atom is -0.296 e. The molecule has 1 heterocycles. The Labute approximate surface area is 188 Å². The summed E-state index contributed by atoms with van der Waals surface area (Å²) in [5.41, 5.74) is 0.407. The number of carbonyl (C=O) groups is 1. The predicted octanol–water partition coefficient (Wildman–Crippen LogP) is 4.79.